The number of fused-ring (bicyclic) bond motifs is 1. The maximum Gasteiger partial charge on any atom is 0.0346 e. The Labute approximate surface area is 106 Å². The van der Waals surface area contributed by atoms with Gasteiger partial charge in [-0.05, 0) is 47.7 Å². The van der Waals surface area contributed by atoms with Gasteiger partial charge in [0.1, 0.15) is 0 Å². The lowest BCUT2D eigenvalue weighted by Gasteiger charge is -2.32. The molecular formula is C14H18N2S. The highest BCUT2D eigenvalue weighted by Gasteiger charge is 2.24. The maximum atomic E-state index is 5.78. The second-order valence-corrected chi connectivity index (χ2v) is 5.90. The number of hydrogen-bond acceptors (Lipinski definition) is 3. The van der Waals surface area contributed by atoms with Gasteiger partial charge in [0.05, 0.1) is 0 Å². The minimum absolute atomic E-state index is 0.462. The van der Waals surface area contributed by atoms with Crippen LogP contribution in [0.25, 0.3) is 10.1 Å². The quantitative estimate of drug-likeness (QED) is 0.870. The fraction of sp³-hybridized carbons (Fsp3) is 0.429. The van der Waals surface area contributed by atoms with Gasteiger partial charge in [0.2, 0.25) is 0 Å². The van der Waals surface area contributed by atoms with E-state index in [0.29, 0.717) is 6.04 Å². The molecule has 1 aromatic heterocycles. The van der Waals surface area contributed by atoms with Crippen molar-refractivity contribution < 1.29 is 0 Å². The fourth-order valence-corrected chi connectivity index (χ4v) is 3.50. The van der Waals surface area contributed by atoms with Crippen LogP contribution in [0.2, 0.25) is 0 Å². The summed E-state index contributed by atoms with van der Waals surface area (Å²) in [6.07, 6.45) is 2.38. The molecule has 0 atom stereocenters. The monoisotopic (exact) mass is 246 g/mol. The third-order valence-corrected chi connectivity index (χ3v) is 4.59. The van der Waals surface area contributed by atoms with Crippen molar-refractivity contribution in [1.82, 2.24) is 5.32 Å². The van der Waals surface area contributed by atoms with E-state index in [0.717, 1.165) is 19.0 Å². The van der Waals surface area contributed by atoms with Crippen LogP contribution in [0.1, 0.15) is 18.4 Å². The maximum absolute atomic E-state index is 5.78. The summed E-state index contributed by atoms with van der Waals surface area (Å²) in [5.41, 5.74) is 7.21. The molecule has 3 rings (SSSR count). The van der Waals surface area contributed by atoms with Crippen molar-refractivity contribution in [2.75, 3.05) is 6.54 Å². The van der Waals surface area contributed by atoms with Crippen molar-refractivity contribution in [3.8, 4) is 0 Å². The molecule has 0 amide bonds. The Morgan fingerprint density at radius 1 is 1.29 bits per heavy atom. The zero-order valence-corrected chi connectivity index (χ0v) is 10.7. The molecule has 0 saturated heterocycles. The molecule has 2 nitrogen and oxygen atoms in total. The number of rotatable bonds is 4. The van der Waals surface area contributed by atoms with Gasteiger partial charge in [-0.25, -0.2) is 0 Å². The highest BCUT2D eigenvalue weighted by Crippen LogP contribution is 2.27. The number of benzene rings is 1. The number of nitrogens with one attached hydrogen (secondary N) is 1. The normalized spacial score (nSPS) is 23.8. The lowest BCUT2D eigenvalue weighted by Crippen LogP contribution is -2.41. The van der Waals surface area contributed by atoms with E-state index in [4.69, 9.17) is 5.73 Å². The first-order chi connectivity index (χ1) is 8.33. The van der Waals surface area contributed by atoms with Crippen molar-refractivity contribution in [3.05, 3.63) is 35.2 Å². The Balaban J connectivity index is 1.58. The summed E-state index contributed by atoms with van der Waals surface area (Å²) in [4.78, 5) is 0. The smallest absolute Gasteiger partial charge is 0.0346 e. The minimum atomic E-state index is 0.462. The molecule has 1 aromatic carbocycles. The van der Waals surface area contributed by atoms with E-state index >= 15 is 0 Å². The van der Waals surface area contributed by atoms with Gasteiger partial charge in [0.25, 0.3) is 0 Å². The average molecular weight is 246 g/mol. The SMILES string of the molecule is NC1CC(CNCc2csc3ccccc23)C1. The molecule has 0 unspecified atom stereocenters. The van der Waals surface area contributed by atoms with Crippen LogP contribution in [-0.2, 0) is 6.54 Å². The van der Waals surface area contributed by atoms with Crippen molar-refractivity contribution in [2.45, 2.75) is 25.4 Å². The lowest BCUT2D eigenvalue weighted by molar-refractivity contribution is 0.256. The summed E-state index contributed by atoms with van der Waals surface area (Å²) in [5.74, 6) is 0.801. The summed E-state index contributed by atoms with van der Waals surface area (Å²) in [7, 11) is 0. The molecule has 1 aliphatic carbocycles. The number of thiophene rings is 1. The van der Waals surface area contributed by atoms with Crippen LogP contribution in [0, 0.1) is 5.92 Å². The van der Waals surface area contributed by atoms with Crippen LogP contribution in [0.5, 0.6) is 0 Å². The van der Waals surface area contributed by atoms with Gasteiger partial charge in [-0.1, -0.05) is 18.2 Å². The van der Waals surface area contributed by atoms with E-state index in [-0.39, 0.29) is 0 Å². The largest absolute Gasteiger partial charge is 0.328 e. The highest BCUT2D eigenvalue weighted by molar-refractivity contribution is 7.17. The molecule has 3 N–H and O–H groups in total. The lowest BCUT2D eigenvalue weighted by atomic mass is 9.81. The minimum Gasteiger partial charge on any atom is -0.328 e. The van der Waals surface area contributed by atoms with E-state index in [1.54, 1.807) is 0 Å². The second kappa shape index (κ2) is 4.77. The van der Waals surface area contributed by atoms with Crippen LogP contribution in [0.4, 0.5) is 0 Å². The van der Waals surface area contributed by atoms with Crippen LogP contribution in [-0.4, -0.2) is 12.6 Å². The predicted molar refractivity (Wildman–Crippen MR) is 74.2 cm³/mol. The summed E-state index contributed by atoms with van der Waals surface area (Å²) < 4.78 is 1.38. The van der Waals surface area contributed by atoms with Crippen molar-refractivity contribution >= 4 is 21.4 Å². The molecule has 2 aromatic rings. The second-order valence-electron chi connectivity index (χ2n) is 4.99. The van der Waals surface area contributed by atoms with Gasteiger partial charge in [-0.3, -0.25) is 0 Å². The number of nitrogens with two attached hydrogens (primary N) is 1. The Morgan fingerprint density at radius 3 is 2.94 bits per heavy atom. The van der Waals surface area contributed by atoms with Crippen LogP contribution in [0.15, 0.2) is 29.6 Å². The number of hydrogen-bond donors (Lipinski definition) is 2. The highest BCUT2D eigenvalue weighted by atomic mass is 32.1. The molecule has 0 aliphatic heterocycles. The zero-order valence-electron chi connectivity index (χ0n) is 9.86. The first-order valence-electron chi connectivity index (χ1n) is 6.24. The van der Waals surface area contributed by atoms with Crippen LogP contribution in [0.3, 0.4) is 0 Å². The van der Waals surface area contributed by atoms with Gasteiger partial charge in [-0.2, -0.15) is 0 Å². The van der Waals surface area contributed by atoms with Crippen LogP contribution >= 0.6 is 11.3 Å². The van der Waals surface area contributed by atoms with Gasteiger partial charge < -0.3 is 11.1 Å². The van der Waals surface area contributed by atoms with Gasteiger partial charge >= 0.3 is 0 Å². The first-order valence-corrected chi connectivity index (χ1v) is 7.12. The molecule has 0 bridgehead atoms. The van der Waals surface area contributed by atoms with E-state index in [9.17, 15) is 0 Å². The Bertz CT molecular complexity index is 500. The van der Waals surface area contributed by atoms with Gasteiger partial charge in [-0.15, -0.1) is 11.3 Å². The van der Waals surface area contributed by atoms with Gasteiger partial charge in [0.15, 0.2) is 0 Å². The third kappa shape index (κ3) is 2.37. The summed E-state index contributed by atoms with van der Waals surface area (Å²) in [6, 6.07) is 9.08. The standard InChI is InChI=1S/C14H18N2S/c15-12-5-10(6-12)7-16-8-11-9-17-14-4-2-1-3-13(11)14/h1-4,9-10,12,16H,5-8,15H2. The van der Waals surface area contributed by atoms with Crippen molar-refractivity contribution in [2.24, 2.45) is 11.7 Å². The summed E-state index contributed by atoms with van der Waals surface area (Å²) in [6.45, 7) is 2.09. The van der Waals surface area contributed by atoms with Crippen molar-refractivity contribution in [3.63, 3.8) is 0 Å². The molecule has 3 heteroatoms. The molecule has 0 spiro atoms. The van der Waals surface area contributed by atoms with E-state index in [1.807, 2.05) is 11.3 Å². The molecule has 90 valence electrons. The molecule has 1 saturated carbocycles. The third-order valence-electron chi connectivity index (χ3n) is 3.58. The van der Waals surface area contributed by atoms with E-state index in [2.05, 4.69) is 35.0 Å². The summed E-state index contributed by atoms with van der Waals surface area (Å²) >= 11 is 1.83. The Morgan fingerprint density at radius 2 is 2.12 bits per heavy atom. The molecule has 17 heavy (non-hydrogen) atoms. The fourth-order valence-electron chi connectivity index (χ4n) is 2.53. The topological polar surface area (TPSA) is 38.0 Å². The van der Waals surface area contributed by atoms with Crippen LogP contribution < -0.4 is 11.1 Å². The Kier molecular flexibility index (Phi) is 3.14. The molecule has 1 heterocycles. The molecular weight excluding hydrogens is 228 g/mol. The molecule has 1 aliphatic rings. The molecule has 1 fully saturated rings. The van der Waals surface area contributed by atoms with Gasteiger partial charge in [0, 0.05) is 17.3 Å². The summed E-state index contributed by atoms with van der Waals surface area (Å²) in [5, 5.41) is 7.22. The predicted octanol–water partition coefficient (Wildman–Crippen LogP) is 2.73. The van der Waals surface area contributed by atoms with Crippen molar-refractivity contribution in [1.29, 1.82) is 0 Å². The molecule has 0 radical (unpaired) electrons. The average Bonchev–Trinajstić information content (AvgIpc) is 2.70. The zero-order chi connectivity index (χ0) is 11.7. The van der Waals surface area contributed by atoms with E-state index in [1.165, 1.54) is 28.5 Å². The Hall–Kier alpha value is -0.900. The first kappa shape index (κ1) is 11.2. The van der Waals surface area contributed by atoms with E-state index < -0.39 is 0 Å².